The topological polar surface area (TPSA) is 76.2 Å². The number of hydrogen-bond acceptors (Lipinski definition) is 4. The van der Waals surface area contributed by atoms with Crippen LogP contribution in [-0.2, 0) is 12.8 Å². The summed E-state index contributed by atoms with van der Waals surface area (Å²) >= 11 is 5.35. The number of nitrogens with two attached hydrogens (primary N) is 1. The Morgan fingerprint density at radius 1 is 1.50 bits per heavy atom. The Balaban J connectivity index is 1.94. The lowest BCUT2D eigenvalue weighted by molar-refractivity contribution is 0.212. The molecule has 1 aromatic heterocycles. The summed E-state index contributed by atoms with van der Waals surface area (Å²) in [7, 11) is 0. The van der Waals surface area contributed by atoms with Gasteiger partial charge in [-0.05, 0) is 24.8 Å². The molecule has 3 rings (SSSR count). The molecule has 5 nitrogen and oxygen atoms in total. The van der Waals surface area contributed by atoms with E-state index in [0.29, 0.717) is 23.7 Å². The third-order valence-corrected chi connectivity index (χ3v) is 3.92. The van der Waals surface area contributed by atoms with Gasteiger partial charge in [0.15, 0.2) is 16.3 Å². The number of aromatic nitrogens is 2. The standard InChI is InChI=1S/C14H17N3O2S/c15-5-4-10-7-16-14(20)17(10)11-6-9-2-1-3-12(18)13(9)19-8-11/h1-3,7,11,18H,4-6,8,15H2,(H,16,20)/t11-/m0/s1. The van der Waals surface area contributed by atoms with Gasteiger partial charge < -0.3 is 25.1 Å². The van der Waals surface area contributed by atoms with Gasteiger partial charge in [-0.3, -0.25) is 0 Å². The summed E-state index contributed by atoms with van der Waals surface area (Å²) in [5, 5.41) is 9.79. The van der Waals surface area contributed by atoms with Crippen LogP contribution in [0.5, 0.6) is 11.5 Å². The average molecular weight is 291 g/mol. The van der Waals surface area contributed by atoms with Crippen LogP contribution < -0.4 is 10.5 Å². The number of para-hydroxylation sites is 1. The quantitative estimate of drug-likeness (QED) is 0.755. The van der Waals surface area contributed by atoms with E-state index < -0.39 is 0 Å². The number of aromatic amines is 1. The molecule has 6 heteroatoms. The Morgan fingerprint density at radius 3 is 3.15 bits per heavy atom. The van der Waals surface area contributed by atoms with Gasteiger partial charge in [-0.1, -0.05) is 12.1 Å². The number of hydrogen-bond donors (Lipinski definition) is 3. The summed E-state index contributed by atoms with van der Waals surface area (Å²) in [5.41, 5.74) is 7.73. The van der Waals surface area contributed by atoms with E-state index in [9.17, 15) is 5.11 Å². The van der Waals surface area contributed by atoms with Crippen molar-refractivity contribution in [3.63, 3.8) is 0 Å². The van der Waals surface area contributed by atoms with E-state index in [2.05, 4.69) is 9.55 Å². The molecule has 0 saturated carbocycles. The number of imidazole rings is 1. The smallest absolute Gasteiger partial charge is 0.177 e. The Bertz CT molecular complexity index is 677. The van der Waals surface area contributed by atoms with Crippen molar-refractivity contribution in [3.8, 4) is 11.5 Å². The summed E-state index contributed by atoms with van der Waals surface area (Å²) in [6.07, 6.45) is 3.47. The molecule has 106 valence electrons. The van der Waals surface area contributed by atoms with Crippen LogP contribution in [0.25, 0.3) is 0 Å². The molecule has 2 heterocycles. The molecule has 0 radical (unpaired) electrons. The molecule has 0 amide bonds. The zero-order chi connectivity index (χ0) is 14.1. The number of phenolic OH excluding ortho intramolecular Hbond substituents is 1. The molecule has 1 atom stereocenters. The average Bonchev–Trinajstić information content (AvgIpc) is 2.80. The Kier molecular flexibility index (Phi) is 3.50. The molecule has 20 heavy (non-hydrogen) atoms. The molecule has 0 unspecified atom stereocenters. The van der Waals surface area contributed by atoms with Crippen LogP contribution >= 0.6 is 12.2 Å². The molecule has 0 spiro atoms. The van der Waals surface area contributed by atoms with Gasteiger partial charge in [0.05, 0.1) is 6.04 Å². The minimum atomic E-state index is 0.129. The highest BCUT2D eigenvalue weighted by atomic mass is 32.1. The molecular formula is C14H17N3O2S. The molecule has 0 saturated heterocycles. The highest BCUT2D eigenvalue weighted by Crippen LogP contribution is 2.36. The fourth-order valence-electron chi connectivity index (χ4n) is 2.71. The van der Waals surface area contributed by atoms with Crippen LogP contribution in [0.15, 0.2) is 24.4 Å². The van der Waals surface area contributed by atoms with Gasteiger partial charge in [0.1, 0.15) is 6.61 Å². The molecule has 4 N–H and O–H groups in total. The van der Waals surface area contributed by atoms with Gasteiger partial charge in [-0.15, -0.1) is 0 Å². The molecule has 2 aromatic rings. The fraction of sp³-hybridized carbons (Fsp3) is 0.357. The predicted octanol–water partition coefficient (Wildman–Crippen LogP) is 1.93. The van der Waals surface area contributed by atoms with E-state index in [4.69, 9.17) is 22.7 Å². The molecule has 1 aliphatic heterocycles. The van der Waals surface area contributed by atoms with Crippen molar-refractivity contribution in [3.05, 3.63) is 40.4 Å². The molecule has 0 aliphatic carbocycles. The van der Waals surface area contributed by atoms with Crippen LogP contribution in [0.4, 0.5) is 0 Å². The van der Waals surface area contributed by atoms with E-state index >= 15 is 0 Å². The monoisotopic (exact) mass is 291 g/mol. The van der Waals surface area contributed by atoms with Crippen molar-refractivity contribution in [2.75, 3.05) is 13.2 Å². The lowest BCUT2D eigenvalue weighted by atomic mass is 10.0. The van der Waals surface area contributed by atoms with Crippen LogP contribution in [0.2, 0.25) is 0 Å². The highest BCUT2D eigenvalue weighted by Gasteiger charge is 2.25. The first kappa shape index (κ1) is 13.2. The first-order chi connectivity index (χ1) is 9.70. The number of nitrogens with zero attached hydrogens (tertiary/aromatic N) is 1. The second-order valence-corrected chi connectivity index (χ2v) is 5.31. The zero-order valence-electron chi connectivity index (χ0n) is 11.0. The summed E-state index contributed by atoms with van der Waals surface area (Å²) in [6, 6.07) is 5.57. The molecule has 1 aliphatic rings. The maximum Gasteiger partial charge on any atom is 0.177 e. The Morgan fingerprint density at radius 2 is 2.35 bits per heavy atom. The van der Waals surface area contributed by atoms with E-state index in [-0.39, 0.29) is 11.8 Å². The number of H-pyrrole nitrogens is 1. The normalized spacial score (nSPS) is 17.6. The lowest BCUT2D eigenvalue weighted by Crippen LogP contribution is -2.26. The minimum absolute atomic E-state index is 0.129. The number of fused-ring (bicyclic) bond motifs is 1. The van der Waals surface area contributed by atoms with Crippen LogP contribution in [0, 0.1) is 4.77 Å². The van der Waals surface area contributed by atoms with Crippen molar-refractivity contribution in [2.45, 2.75) is 18.9 Å². The largest absolute Gasteiger partial charge is 0.504 e. The minimum Gasteiger partial charge on any atom is -0.504 e. The molecule has 0 bridgehead atoms. The van der Waals surface area contributed by atoms with Gasteiger partial charge in [0, 0.05) is 30.3 Å². The third kappa shape index (κ3) is 2.21. The number of phenols is 1. The van der Waals surface area contributed by atoms with E-state index in [1.54, 1.807) is 6.07 Å². The second-order valence-electron chi connectivity index (χ2n) is 4.93. The Labute approximate surface area is 122 Å². The SMILES string of the molecule is NCCc1c[nH]c(=S)n1[C@@H]1COc2c(O)cccc2C1. The van der Waals surface area contributed by atoms with Crippen molar-refractivity contribution in [1.29, 1.82) is 0 Å². The van der Waals surface area contributed by atoms with Gasteiger partial charge in [-0.25, -0.2) is 0 Å². The van der Waals surface area contributed by atoms with Gasteiger partial charge in [0.25, 0.3) is 0 Å². The number of benzene rings is 1. The number of rotatable bonds is 3. The van der Waals surface area contributed by atoms with Crippen molar-refractivity contribution >= 4 is 12.2 Å². The number of ether oxygens (including phenoxy) is 1. The summed E-state index contributed by atoms with van der Waals surface area (Å²) in [5.74, 6) is 0.784. The van der Waals surface area contributed by atoms with Crippen LogP contribution in [0.1, 0.15) is 17.3 Å². The zero-order valence-corrected chi connectivity index (χ0v) is 11.8. The second kappa shape index (κ2) is 5.30. The molecular weight excluding hydrogens is 274 g/mol. The first-order valence-corrected chi connectivity index (χ1v) is 7.04. The maximum atomic E-state index is 9.79. The highest BCUT2D eigenvalue weighted by molar-refractivity contribution is 7.71. The number of aromatic hydroxyl groups is 1. The predicted molar refractivity (Wildman–Crippen MR) is 78.7 cm³/mol. The number of nitrogens with one attached hydrogen (secondary N) is 1. The maximum absolute atomic E-state index is 9.79. The summed E-state index contributed by atoms with van der Waals surface area (Å²) in [6.45, 7) is 1.08. The van der Waals surface area contributed by atoms with Crippen molar-refractivity contribution in [2.24, 2.45) is 5.73 Å². The summed E-state index contributed by atoms with van der Waals surface area (Å²) < 4.78 is 8.48. The van der Waals surface area contributed by atoms with Crippen molar-refractivity contribution in [1.82, 2.24) is 9.55 Å². The van der Waals surface area contributed by atoms with E-state index in [1.165, 1.54) is 0 Å². The molecule has 0 fully saturated rings. The Hall–Kier alpha value is -1.79. The summed E-state index contributed by atoms with van der Waals surface area (Å²) in [4.78, 5) is 3.07. The van der Waals surface area contributed by atoms with Gasteiger partial charge >= 0.3 is 0 Å². The molecule has 1 aromatic carbocycles. The van der Waals surface area contributed by atoms with Crippen LogP contribution in [-0.4, -0.2) is 27.8 Å². The first-order valence-electron chi connectivity index (χ1n) is 6.63. The third-order valence-electron chi connectivity index (χ3n) is 3.61. The van der Waals surface area contributed by atoms with Crippen LogP contribution in [0.3, 0.4) is 0 Å². The lowest BCUT2D eigenvalue weighted by Gasteiger charge is -2.28. The van der Waals surface area contributed by atoms with Gasteiger partial charge in [0.2, 0.25) is 0 Å². The van der Waals surface area contributed by atoms with E-state index in [0.717, 1.165) is 24.1 Å². The van der Waals surface area contributed by atoms with Crippen molar-refractivity contribution < 1.29 is 9.84 Å². The fourth-order valence-corrected chi connectivity index (χ4v) is 3.04. The van der Waals surface area contributed by atoms with Gasteiger partial charge in [-0.2, -0.15) is 0 Å². The van der Waals surface area contributed by atoms with E-state index in [1.807, 2.05) is 18.3 Å².